The second-order valence-electron chi connectivity index (χ2n) is 6.41. The first-order valence-electron chi connectivity index (χ1n) is 8.42. The number of hydrogen-bond donors (Lipinski definition) is 0. The van der Waals surface area contributed by atoms with Gasteiger partial charge in [0.2, 0.25) is 0 Å². The Bertz CT molecular complexity index is 1010. The molecule has 0 saturated carbocycles. The zero-order valence-corrected chi connectivity index (χ0v) is 16.8. The van der Waals surface area contributed by atoms with Crippen molar-refractivity contribution in [3.63, 3.8) is 0 Å². The summed E-state index contributed by atoms with van der Waals surface area (Å²) in [6, 6.07) is 13.7. The fraction of sp³-hybridized carbons (Fsp3) is 0.263. The molecule has 1 aromatic carbocycles. The van der Waals surface area contributed by atoms with E-state index in [1.54, 1.807) is 17.9 Å². The molecule has 0 atom stereocenters. The van der Waals surface area contributed by atoms with Crippen molar-refractivity contribution in [1.29, 1.82) is 0 Å². The van der Waals surface area contributed by atoms with Gasteiger partial charge in [-0.1, -0.05) is 36.4 Å². The number of carbonyl (C=O) groups is 1. The highest BCUT2D eigenvalue weighted by atomic mass is 32.2. The smallest absolute Gasteiger partial charge is 0.257 e. The minimum atomic E-state index is -3.14. The van der Waals surface area contributed by atoms with Crippen molar-refractivity contribution in [2.24, 2.45) is 0 Å². The van der Waals surface area contributed by atoms with Crippen molar-refractivity contribution >= 4 is 27.1 Å². The van der Waals surface area contributed by atoms with Gasteiger partial charge in [-0.3, -0.25) is 9.48 Å². The fourth-order valence-corrected chi connectivity index (χ4v) is 3.96. The van der Waals surface area contributed by atoms with Gasteiger partial charge in [0.15, 0.2) is 0 Å². The van der Waals surface area contributed by atoms with Gasteiger partial charge < -0.3 is 4.90 Å². The number of aromatic nitrogens is 2. The van der Waals surface area contributed by atoms with E-state index in [4.69, 9.17) is 0 Å². The van der Waals surface area contributed by atoms with Gasteiger partial charge in [-0.05, 0) is 17.0 Å². The molecular formula is C19H21N3O3S2. The SMILES string of the molecule is CN(CCS(C)(=O)=O)C(=O)c1cn(Cc2ccccc2)nc1-c1cccs1. The van der Waals surface area contributed by atoms with Crippen molar-refractivity contribution in [3.05, 3.63) is 65.2 Å². The molecule has 0 fully saturated rings. The molecule has 0 aliphatic heterocycles. The Labute approximate surface area is 163 Å². The van der Waals surface area contributed by atoms with Crippen molar-refractivity contribution in [2.45, 2.75) is 6.54 Å². The number of thiophene rings is 1. The van der Waals surface area contributed by atoms with Gasteiger partial charge in [-0.25, -0.2) is 8.42 Å². The zero-order valence-electron chi connectivity index (χ0n) is 15.2. The molecule has 3 aromatic rings. The summed E-state index contributed by atoms with van der Waals surface area (Å²) in [6.45, 7) is 0.699. The Morgan fingerprint density at radius 1 is 1.19 bits per heavy atom. The topological polar surface area (TPSA) is 72.3 Å². The Morgan fingerprint density at radius 2 is 1.93 bits per heavy atom. The quantitative estimate of drug-likeness (QED) is 0.608. The van der Waals surface area contributed by atoms with Crippen molar-refractivity contribution in [2.75, 3.05) is 25.6 Å². The lowest BCUT2D eigenvalue weighted by Crippen LogP contribution is -2.31. The summed E-state index contributed by atoms with van der Waals surface area (Å²) in [7, 11) is -1.53. The van der Waals surface area contributed by atoms with Crippen LogP contribution in [-0.2, 0) is 16.4 Å². The molecule has 0 unspecified atom stereocenters. The third kappa shape index (κ3) is 5.05. The number of carbonyl (C=O) groups excluding carboxylic acids is 1. The molecule has 1 amide bonds. The van der Waals surface area contributed by atoms with Gasteiger partial charge in [0.1, 0.15) is 15.5 Å². The molecule has 142 valence electrons. The molecule has 0 aliphatic carbocycles. The van der Waals surface area contributed by atoms with Crippen LogP contribution in [0.3, 0.4) is 0 Å². The van der Waals surface area contributed by atoms with Crippen LogP contribution in [-0.4, -0.2) is 54.6 Å². The fourth-order valence-electron chi connectivity index (χ4n) is 2.63. The lowest BCUT2D eigenvalue weighted by molar-refractivity contribution is 0.0804. The van der Waals surface area contributed by atoms with Crippen molar-refractivity contribution in [3.8, 4) is 10.6 Å². The van der Waals surface area contributed by atoms with Crippen LogP contribution >= 0.6 is 11.3 Å². The van der Waals surface area contributed by atoms with Crippen molar-refractivity contribution < 1.29 is 13.2 Å². The summed E-state index contributed by atoms with van der Waals surface area (Å²) in [4.78, 5) is 15.3. The van der Waals surface area contributed by atoms with Crippen LogP contribution in [0.15, 0.2) is 54.0 Å². The maximum absolute atomic E-state index is 12.9. The van der Waals surface area contributed by atoms with E-state index in [0.29, 0.717) is 17.8 Å². The van der Waals surface area contributed by atoms with E-state index in [2.05, 4.69) is 5.10 Å². The van der Waals surface area contributed by atoms with Crippen LogP contribution < -0.4 is 0 Å². The third-order valence-electron chi connectivity index (χ3n) is 4.08. The highest BCUT2D eigenvalue weighted by molar-refractivity contribution is 7.90. The lowest BCUT2D eigenvalue weighted by atomic mass is 10.2. The Hall–Kier alpha value is -2.45. The summed E-state index contributed by atoms with van der Waals surface area (Å²) in [5.41, 5.74) is 2.18. The molecule has 0 N–H and O–H groups in total. The first kappa shape index (κ1) is 19.3. The monoisotopic (exact) mass is 403 g/mol. The molecule has 6 nitrogen and oxygen atoms in total. The Balaban J connectivity index is 1.89. The first-order valence-corrected chi connectivity index (χ1v) is 11.4. The van der Waals surface area contributed by atoms with E-state index in [0.717, 1.165) is 10.4 Å². The standard InChI is InChI=1S/C19H21N3O3S2/c1-21(10-12-27(2,24)25)19(23)16-14-22(13-15-7-4-3-5-8-15)20-18(16)17-9-6-11-26-17/h3-9,11,14H,10,12-13H2,1-2H3. The summed E-state index contributed by atoms with van der Waals surface area (Å²) < 4.78 is 24.6. The number of nitrogens with zero attached hydrogens (tertiary/aromatic N) is 3. The average molecular weight is 404 g/mol. The molecule has 2 heterocycles. The number of benzene rings is 1. The number of rotatable bonds is 7. The maximum Gasteiger partial charge on any atom is 0.257 e. The molecule has 27 heavy (non-hydrogen) atoms. The van der Waals surface area contributed by atoms with E-state index in [9.17, 15) is 13.2 Å². The third-order valence-corrected chi connectivity index (χ3v) is 5.88. The van der Waals surface area contributed by atoms with Gasteiger partial charge in [-0.15, -0.1) is 11.3 Å². The summed E-state index contributed by atoms with van der Waals surface area (Å²) in [6.07, 6.45) is 2.90. The van der Waals surface area contributed by atoms with Crippen LogP contribution in [0.1, 0.15) is 15.9 Å². The molecule has 0 bridgehead atoms. The highest BCUT2D eigenvalue weighted by Crippen LogP contribution is 2.27. The average Bonchev–Trinajstić information content (AvgIpc) is 3.28. The van der Waals surface area contributed by atoms with Gasteiger partial charge in [0.25, 0.3) is 5.91 Å². The lowest BCUT2D eigenvalue weighted by Gasteiger charge is -2.16. The predicted molar refractivity (Wildman–Crippen MR) is 108 cm³/mol. The molecule has 0 saturated heterocycles. The molecule has 0 aliphatic rings. The summed E-state index contributed by atoms with van der Waals surface area (Å²) >= 11 is 1.51. The van der Waals surface area contributed by atoms with Gasteiger partial charge in [0.05, 0.1) is 22.7 Å². The Morgan fingerprint density at radius 3 is 2.56 bits per heavy atom. The zero-order chi connectivity index (χ0) is 19.4. The molecular weight excluding hydrogens is 382 g/mol. The number of amides is 1. The molecule has 0 radical (unpaired) electrons. The first-order chi connectivity index (χ1) is 12.8. The normalized spacial score (nSPS) is 11.5. The van der Waals surface area contributed by atoms with Crippen LogP contribution in [0.4, 0.5) is 0 Å². The van der Waals surface area contributed by atoms with Crippen LogP contribution in [0, 0.1) is 0 Å². The number of hydrogen-bond acceptors (Lipinski definition) is 5. The second kappa shape index (κ2) is 8.06. The van der Waals surface area contributed by atoms with E-state index in [1.807, 2.05) is 47.8 Å². The van der Waals surface area contributed by atoms with Gasteiger partial charge >= 0.3 is 0 Å². The van der Waals surface area contributed by atoms with E-state index in [1.165, 1.54) is 22.5 Å². The van der Waals surface area contributed by atoms with E-state index >= 15 is 0 Å². The minimum Gasteiger partial charge on any atom is -0.341 e. The van der Waals surface area contributed by atoms with Gasteiger partial charge in [-0.2, -0.15) is 5.10 Å². The van der Waals surface area contributed by atoms with Crippen LogP contribution in [0.2, 0.25) is 0 Å². The van der Waals surface area contributed by atoms with Crippen LogP contribution in [0.25, 0.3) is 10.6 Å². The molecule has 8 heteroatoms. The predicted octanol–water partition coefficient (Wildman–Crippen LogP) is 2.78. The molecule has 2 aromatic heterocycles. The van der Waals surface area contributed by atoms with Crippen LogP contribution in [0.5, 0.6) is 0 Å². The summed E-state index contributed by atoms with van der Waals surface area (Å²) in [5.74, 6) is -0.303. The molecule has 0 spiro atoms. The van der Waals surface area contributed by atoms with E-state index in [-0.39, 0.29) is 18.2 Å². The van der Waals surface area contributed by atoms with Gasteiger partial charge in [0, 0.05) is 26.0 Å². The summed E-state index contributed by atoms with van der Waals surface area (Å²) in [5, 5.41) is 6.56. The largest absolute Gasteiger partial charge is 0.341 e. The molecule has 3 rings (SSSR count). The Kier molecular flexibility index (Phi) is 5.76. The second-order valence-corrected chi connectivity index (χ2v) is 9.62. The van der Waals surface area contributed by atoms with Crippen molar-refractivity contribution in [1.82, 2.24) is 14.7 Å². The number of sulfone groups is 1. The highest BCUT2D eigenvalue weighted by Gasteiger charge is 2.22. The maximum atomic E-state index is 12.9. The minimum absolute atomic E-state index is 0.0677. The van der Waals surface area contributed by atoms with E-state index < -0.39 is 9.84 Å².